The fourth-order valence-electron chi connectivity index (χ4n) is 4.85. The molecule has 7 nitrogen and oxygen atoms in total. The van der Waals surface area contributed by atoms with Crippen LogP contribution in [0.4, 0.5) is 5.88 Å². The quantitative estimate of drug-likeness (QED) is 0.239. The van der Waals surface area contributed by atoms with E-state index in [4.69, 9.17) is 20.8 Å². The molecule has 1 N–H and O–H groups in total. The Morgan fingerprint density at radius 1 is 0.974 bits per heavy atom. The number of piperidine rings is 1. The van der Waals surface area contributed by atoms with Gasteiger partial charge in [-0.2, -0.15) is 4.98 Å². The number of methoxy groups -OCH3 is 1. The van der Waals surface area contributed by atoms with E-state index in [2.05, 4.69) is 27.3 Å². The summed E-state index contributed by atoms with van der Waals surface area (Å²) in [5.74, 6) is 1.15. The number of ether oxygens (including phenoxy) is 1. The molecular formula is C30H32ClN3O4S. The zero-order chi connectivity index (χ0) is 27.4. The maximum Gasteiger partial charge on any atom is 0.233 e. The predicted octanol–water partition coefficient (Wildman–Crippen LogP) is 6.78. The molecule has 3 aromatic carbocycles. The molecule has 1 saturated heterocycles. The van der Waals surface area contributed by atoms with Crippen molar-refractivity contribution in [2.45, 2.75) is 42.1 Å². The van der Waals surface area contributed by atoms with E-state index in [0.29, 0.717) is 17.1 Å². The van der Waals surface area contributed by atoms with Gasteiger partial charge >= 0.3 is 0 Å². The average molecular weight is 566 g/mol. The standard InChI is InChI=1S/C30H32ClN3O4S/c1-21-6-8-23(9-7-21)28-33-30(39(35,36)26-16-12-24(31)13-17-26)29(38-28)32-20-27(34-18-4-3-5-19-34)22-10-14-25(37-2)15-11-22/h6-17,27,32H,3-5,18-20H2,1-2H3. The number of hydrogen-bond acceptors (Lipinski definition) is 7. The van der Waals surface area contributed by atoms with E-state index < -0.39 is 9.84 Å². The monoisotopic (exact) mass is 565 g/mol. The first kappa shape index (κ1) is 27.2. The van der Waals surface area contributed by atoms with Gasteiger partial charge in [0.05, 0.1) is 18.0 Å². The molecule has 1 atom stereocenters. The number of aromatic nitrogens is 1. The lowest BCUT2D eigenvalue weighted by Gasteiger charge is -2.35. The molecule has 0 spiro atoms. The first-order valence-electron chi connectivity index (χ1n) is 13.1. The third kappa shape index (κ3) is 6.13. The Labute approximate surface area is 234 Å². The van der Waals surface area contributed by atoms with E-state index in [9.17, 15) is 8.42 Å². The number of benzene rings is 3. The number of likely N-dealkylation sites (tertiary alicyclic amines) is 1. The molecule has 1 aliphatic heterocycles. The van der Waals surface area contributed by atoms with Crippen LogP contribution >= 0.6 is 11.6 Å². The fraction of sp³-hybridized carbons (Fsp3) is 0.300. The van der Waals surface area contributed by atoms with Crippen LogP contribution in [0.15, 0.2) is 87.1 Å². The van der Waals surface area contributed by atoms with Crippen LogP contribution in [-0.2, 0) is 9.84 Å². The second-order valence-corrected chi connectivity index (χ2v) is 12.0. The zero-order valence-electron chi connectivity index (χ0n) is 22.1. The molecule has 1 fully saturated rings. The van der Waals surface area contributed by atoms with Gasteiger partial charge < -0.3 is 14.5 Å². The van der Waals surface area contributed by atoms with Gasteiger partial charge in [-0.15, -0.1) is 0 Å². The SMILES string of the molecule is COc1ccc(C(CNc2oc(-c3ccc(C)cc3)nc2S(=O)(=O)c2ccc(Cl)cc2)N2CCCCC2)cc1. The number of hydrogen-bond donors (Lipinski definition) is 1. The highest BCUT2D eigenvalue weighted by Gasteiger charge is 2.30. The lowest BCUT2D eigenvalue weighted by molar-refractivity contribution is 0.170. The summed E-state index contributed by atoms with van der Waals surface area (Å²) in [5.41, 5.74) is 2.90. The van der Waals surface area contributed by atoms with Gasteiger partial charge in [0.1, 0.15) is 5.75 Å². The molecule has 5 rings (SSSR count). The van der Waals surface area contributed by atoms with E-state index >= 15 is 0 Å². The third-order valence-electron chi connectivity index (χ3n) is 7.06. The van der Waals surface area contributed by atoms with Crippen LogP contribution in [-0.4, -0.2) is 45.0 Å². The summed E-state index contributed by atoms with van der Waals surface area (Å²) in [6, 6.07) is 21.7. The van der Waals surface area contributed by atoms with Crippen molar-refractivity contribution in [2.75, 3.05) is 32.1 Å². The Morgan fingerprint density at radius 3 is 2.28 bits per heavy atom. The van der Waals surface area contributed by atoms with Crippen LogP contribution in [0, 0.1) is 6.92 Å². The summed E-state index contributed by atoms with van der Waals surface area (Å²) >= 11 is 6.02. The van der Waals surface area contributed by atoms with Gasteiger partial charge in [0.15, 0.2) is 0 Å². The Kier molecular flexibility index (Phi) is 8.26. The predicted molar refractivity (Wildman–Crippen MR) is 153 cm³/mol. The summed E-state index contributed by atoms with van der Waals surface area (Å²) in [4.78, 5) is 7.02. The molecule has 1 aliphatic rings. The van der Waals surface area contributed by atoms with Gasteiger partial charge in [-0.1, -0.05) is 47.9 Å². The van der Waals surface area contributed by atoms with E-state index in [1.807, 2.05) is 43.3 Å². The maximum absolute atomic E-state index is 13.7. The van der Waals surface area contributed by atoms with Gasteiger partial charge in [-0.25, -0.2) is 8.42 Å². The second-order valence-electron chi connectivity index (χ2n) is 9.74. The molecule has 0 amide bonds. The Balaban J connectivity index is 1.51. The normalized spacial score (nSPS) is 15.2. The molecule has 0 aliphatic carbocycles. The highest BCUT2D eigenvalue weighted by atomic mass is 35.5. The highest BCUT2D eigenvalue weighted by Crippen LogP contribution is 2.34. The topological polar surface area (TPSA) is 84.7 Å². The fourth-order valence-corrected chi connectivity index (χ4v) is 6.25. The lowest BCUT2D eigenvalue weighted by Crippen LogP contribution is -2.37. The van der Waals surface area contributed by atoms with Crippen molar-refractivity contribution in [3.63, 3.8) is 0 Å². The van der Waals surface area contributed by atoms with Crippen molar-refractivity contribution in [1.82, 2.24) is 9.88 Å². The molecule has 2 heterocycles. The zero-order valence-corrected chi connectivity index (χ0v) is 23.6. The number of nitrogens with zero attached hydrogens (tertiary/aromatic N) is 2. The van der Waals surface area contributed by atoms with Crippen LogP contribution in [0.25, 0.3) is 11.5 Å². The number of nitrogens with one attached hydrogen (secondary N) is 1. The van der Waals surface area contributed by atoms with Crippen molar-refractivity contribution in [3.8, 4) is 17.2 Å². The van der Waals surface area contributed by atoms with Crippen molar-refractivity contribution < 1.29 is 17.6 Å². The summed E-state index contributed by atoms with van der Waals surface area (Å²) in [5, 5.41) is 3.63. The number of aryl methyl sites for hydroxylation is 1. The number of sulfone groups is 1. The highest BCUT2D eigenvalue weighted by molar-refractivity contribution is 7.91. The molecule has 1 unspecified atom stereocenters. The van der Waals surface area contributed by atoms with Crippen molar-refractivity contribution in [1.29, 1.82) is 0 Å². The molecule has 204 valence electrons. The van der Waals surface area contributed by atoms with Crippen molar-refractivity contribution >= 4 is 27.3 Å². The van der Waals surface area contributed by atoms with Crippen LogP contribution in [0.5, 0.6) is 5.75 Å². The number of halogens is 1. The summed E-state index contributed by atoms with van der Waals surface area (Å²) < 4.78 is 38.9. The Morgan fingerprint density at radius 2 is 1.64 bits per heavy atom. The van der Waals surface area contributed by atoms with Crippen LogP contribution < -0.4 is 10.1 Å². The third-order valence-corrected chi connectivity index (χ3v) is 8.99. The van der Waals surface area contributed by atoms with Gasteiger partial charge in [0.25, 0.3) is 0 Å². The van der Waals surface area contributed by atoms with Crippen LogP contribution in [0.3, 0.4) is 0 Å². The van der Waals surface area contributed by atoms with Crippen molar-refractivity contribution in [2.24, 2.45) is 0 Å². The van der Waals surface area contributed by atoms with Gasteiger partial charge in [0, 0.05) is 17.1 Å². The van der Waals surface area contributed by atoms with Gasteiger partial charge in [-0.05, 0) is 86.9 Å². The number of anilines is 1. The maximum atomic E-state index is 13.7. The molecule has 4 aromatic rings. The van der Waals surface area contributed by atoms with E-state index in [1.165, 1.54) is 18.6 Å². The van der Waals surface area contributed by atoms with E-state index in [-0.39, 0.29) is 27.7 Å². The van der Waals surface area contributed by atoms with E-state index in [0.717, 1.165) is 42.8 Å². The number of rotatable bonds is 9. The van der Waals surface area contributed by atoms with Crippen LogP contribution in [0.1, 0.15) is 36.4 Å². The Bertz CT molecular complexity index is 1500. The largest absolute Gasteiger partial charge is 0.497 e. The average Bonchev–Trinajstić information content (AvgIpc) is 3.40. The van der Waals surface area contributed by atoms with Gasteiger partial charge in [0.2, 0.25) is 26.6 Å². The molecule has 0 radical (unpaired) electrons. The molecule has 0 bridgehead atoms. The minimum atomic E-state index is -3.98. The first-order chi connectivity index (χ1) is 18.8. The molecule has 9 heteroatoms. The minimum Gasteiger partial charge on any atom is -0.497 e. The van der Waals surface area contributed by atoms with Gasteiger partial charge in [-0.3, -0.25) is 4.90 Å². The second kappa shape index (κ2) is 11.8. The number of oxazole rings is 1. The summed E-state index contributed by atoms with van der Waals surface area (Å²) in [6.07, 6.45) is 3.47. The van der Waals surface area contributed by atoms with Crippen molar-refractivity contribution in [3.05, 3.63) is 88.9 Å². The summed E-state index contributed by atoms with van der Waals surface area (Å²) in [7, 11) is -2.33. The van der Waals surface area contributed by atoms with Crippen LogP contribution in [0.2, 0.25) is 5.02 Å². The molecule has 39 heavy (non-hydrogen) atoms. The minimum absolute atomic E-state index is 0.00946. The molecule has 0 saturated carbocycles. The summed E-state index contributed by atoms with van der Waals surface area (Å²) in [6.45, 7) is 4.37. The van der Waals surface area contributed by atoms with E-state index in [1.54, 1.807) is 19.2 Å². The first-order valence-corrected chi connectivity index (χ1v) is 14.9. The smallest absolute Gasteiger partial charge is 0.233 e. The molecular weight excluding hydrogens is 534 g/mol. The molecule has 1 aromatic heterocycles. The Hall–Kier alpha value is -3.33. The lowest BCUT2D eigenvalue weighted by atomic mass is 10.0.